The van der Waals surface area contributed by atoms with Gasteiger partial charge in [0, 0.05) is 19.1 Å². The molecule has 1 unspecified atom stereocenters. The fourth-order valence-corrected chi connectivity index (χ4v) is 1.90. The van der Waals surface area contributed by atoms with E-state index in [1.165, 1.54) is 0 Å². The quantitative estimate of drug-likeness (QED) is 0.750. The average molecular weight is 275 g/mol. The molecule has 1 aromatic heterocycles. The van der Waals surface area contributed by atoms with E-state index in [4.69, 9.17) is 15.0 Å². The van der Waals surface area contributed by atoms with Gasteiger partial charge < -0.3 is 15.0 Å². The fourth-order valence-electron chi connectivity index (χ4n) is 1.90. The normalized spacial score (nSPS) is 12.5. The van der Waals surface area contributed by atoms with Crippen molar-refractivity contribution in [3.05, 3.63) is 47.6 Å². The molecule has 2 aromatic rings. The highest BCUT2D eigenvalue weighted by Gasteiger charge is 2.10. The Morgan fingerprint density at radius 1 is 1.30 bits per heavy atom. The predicted octanol–water partition coefficient (Wildman–Crippen LogP) is 2.63. The third-order valence-electron chi connectivity index (χ3n) is 2.99. The number of rotatable bonds is 8. The van der Waals surface area contributed by atoms with E-state index in [0.717, 1.165) is 18.4 Å². The van der Waals surface area contributed by atoms with Gasteiger partial charge in [0.2, 0.25) is 5.89 Å². The van der Waals surface area contributed by atoms with Gasteiger partial charge in [-0.05, 0) is 18.4 Å². The molecule has 2 N–H and O–H groups in total. The zero-order chi connectivity index (χ0) is 14.2. The molecule has 1 atom stereocenters. The Morgan fingerprint density at radius 3 is 2.85 bits per heavy atom. The standard InChI is InChI=1S/C15H21N3O2/c1-2-10-19-11-14-17-15(20-18-14)9-8-13(16)12-6-4-3-5-7-12/h3-7,13H,2,8-11,16H2,1H3. The summed E-state index contributed by atoms with van der Waals surface area (Å²) in [4.78, 5) is 4.29. The van der Waals surface area contributed by atoms with Crippen LogP contribution in [-0.4, -0.2) is 16.7 Å². The van der Waals surface area contributed by atoms with Gasteiger partial charge in [-0.1, -0.05) is 42.4 Å². The molecule has 0 saturated heterocycles. The Bertz CT molecular complexity index is 499. The lowest BCUT2D eigenvalue weighted by atomic mass is 10.0. The van der Waals surface area contributed by atoms with E-state index in [1.807, 2.05) is 30.3 Å². The summed E-state index contributed by atoms with van der Waals surface area (Å²) >= 11 is 0. The van der Waals surface area contributed by atoms with E-state index < -0.39 is 0 Å². The highest BCUT2D eigenvalue weighted by molar-refractivity contribution is 5.18. The Labute approximate surface area is 119 Å². The first-order valence-corrected chi connectivity index (χ1v) is 6.99. The lowest BCUT2D eigenvalue weighted by molar-refractivity contribution is 0.114. The van der Waals surface area contributed by atoms with E-state index in [9.17, 15) is 0 Å². The fraction of sp³-hybridized carbons (Fsp3) is 0.467. The number of benzene rings is 1. The zero-order valence-electron chi connectivity index (χ0n) is 11.8. The highest BCUT2D eigenvalue weighted by atomic mass is 16.5. The maximum absolute atomic E-state index is 6.13. The number of aromatic nitrogens is 2. The minimum Gasteiger partial charge on any atom is -0.373 e. The molecule has 5 heteroatoms. The first kappa shape index (κ1) is 14.7. The van der Waals surface area contributed by atoms with Crippen LogP contribution < -0.4 is 5.73 Å². The van der Waals surface area contributed by atoms with Crippen LogP contribution in [0.1, 0.15) is 43.1 Å². The number of nitrogens with zero attached hydrogens (tertiary/aromatic N) is 2. The molecule has 108 valence electrons. The number of aryl methyl sites for hydroxylation is 1. The number of ether oxygens (including phenoxy) is 1. The van der Waals surface area contributed by atoms with Gasteiger partial charge >= 0.3 is 0 Å². The minimum atomic E-state index is -0.0112. The van der Waals surface area contributed by atoms with Gasteiger partial charge in [0.05, 0.1) is 0 Å². The van der Waals surface area contributed by atoms with Gasteiger partial charge in [-0.15, -0.1) is 0 Å². The van der Waals surface area contributed by atoms with Gasteiger partial charge in [0.15, 0.2) is 5.82 Å². The van der Waals surface area contributed by atoms with Crippen molar-refractivity contribution in [2.45, 2.75) is 38.8 Å². The lowest BCUT2D eigenvalue weighted by Crippen LogP contribution is -2.11. The largest absolute Gasteiger partial charge is 0.373 e. The molecule has 1 heterocycles. The summed E-state index contributed by atoms with van der Waals surface area (Å²) in [7, 11) is 0. The van der Waals surface area contributed by atoms with Crippen molar-refractivity contribution in [3.63, 3.8) is 0 Å². The highest BCUT2D eigenvalue weighted by Crippen LogP contribution is 2.15. The van der Waals surface area contributed by atoms with Crippen LogP contribution in [0.5, 0.6) is 0 Å². The third-order valence-corrected chi connectivity index (χ3v) is 2.99. The molecule has 0 saturated carbocycles. The van der Waals surface area contributed by atoms with Gasteiger partial charge in [0.1, 0.15) is 6.61 Å². The van der Waals surface area contributed by atoms with E-state index in [-0.39, 0.29) is 6.04 Å². The zero-order valence-corrected chi connectivity index (χ0v) is 11.8. The van der Waals surface area contributed by atoms with Crippen LogP contribution in [0.3, 0.4) is 0 Å². The molecule has 0 radical (unpaired) electrons. The van der Waals surface area contributed by atoms with Crippen molar-refractivity contribution in [1.29, 1.82) is 0 Å². The smallest absolute Gasteiger partial charge is 0.226 e. The van der Waals surface area contributed by atoms with Crippen molar-refractivity contribution in [1.82, 2.24) is 10.1 Å². The maximum Gasteiger partial charge on any atom is 0.226 e. The maximum atomic E-state index is 6.13. The molecule has 0 bridgehead atoms. The molecule has 0 amide bonds. The Hall–Kier alpha value is -1.72. The molecule has 0 aliphatic heterocycles. The second-order valence-corrected chi connectivity index (χ2v) is 4.71. The van der Waals surface area contributed by atoms with Crippen molar-refractivity contribution in [3.8, 4) is 0 Å². The van der Waals surface area contributed by atoms with Crippen LogP contribution in [-0.2, 0) is 17.8 Å². The first-order valence-electron chi connectivity index (χ1n) is 6.99. The van der Waals surface area contributed by atoms with Crippen LogP contribution in [0.2, 0.25) is 0 Å². The van der Waals surface area contributed by atoms with E-state index in [2.05, 4.69) is 17.1 Å². The minimum absolute atomic E-state index is 0.0112. The summed E-state index contributed by atoms with van der Waals surface area (Å²) in [5.74, 6) is 1.22. The van der Waals surface area contributed by atoms with Gasteiger partial charge in [-0.3, -0.25) is 0 Å². The second kappa shape index (κ2) is 7.77. The van der Waals surface area contributed by atoms with Crippen molar-refractivity contribution in [2.75, 3.05) is 6.61 Å². The monoisotopic (exact) mass is 275 g/mol. The molecule has 20 heavy (non-hydrogen) atoms. The summed E-state index contributed by atoms with van der Waals surface area (Å²) in [5, 5.41) is 3.89. The number of hydrogen-bond acceptors (Lipinski definition) is 5. The third kappa shape index (κ3) is 4.43. The van der Waals surface area contributed by atoms with Crippen LogP contribution in [0.25, 0.3) is 0 Å². The predicted molar refractivity (Wildman–Crippen MR) is 75.9 cm³/mol. The Balaban J connectivity index is 1.79. The van der Waals surface area contributed by atoms with Gasteiger partial charge in [0.25, 0.3) is 0 Å². The van der Waals surface area contributed by atoms with Gasteiger partial charge in [-0.25, -0.2) is 0 Å². The summed E-state index contributed by atoms with van der Waals surface area (Å²) in [6.45, 7) is 3.18. The summed E-state index contributed by atoms with van der Waals surface area (Å²) in [6, 6.07) is 10.0. The molecule has 1 aromatic carbocycles. The first-order chi connectivity index (χ1) is 9.79. The van der Waals surface area contributed by atoms with Crippen molar-refractivity contribution < 1.29 is 9.26 Å². The molecular weight excluding hydrogens is 254 g/mol. The van der Waals surface area contributed by atoms with Crippen LogP contribution in [0, 0.1) is 0 Å². The van der Waals surface area contributed by atoms with Crippen molar-refractivity contribution in [2.24, 2.45) is 5.73 Å². The number of nitrogens with two attached hydrogens (primary N) is 1. The molecule has 2 rings (SSSR count). The lowest BCUT2D eigenvalue weighted by Gasteiger charge is -2.09. The van der Waals surface area contributed by atoms with Crippen molar-refractivity contribution >= 4 is 0 Å². The van der Waals surface area contributed by atoms with Crippen LogP contribution in [0.15, 0.2) is 34.9 Å². The molecule has 0 spiro atoms. The van der Waals surface area contributed by atoms with Gasteiger partial charge in [-0.2, -0.15) is 4.98 Å². The van der Waals surface area contributed by atoms with E-state index in [0.29, 0.717) is 31.3 Å². The van der Waals surface area contributed by atoms with E-state index >= 15 is 0 Å². The second-order valence-electron chi connectivity index (χ2n) is 4.71. The van der Waals surface area contributed by atoms with Crippen LogP contribution >= 0.6 is 0 Å². The Morgan fingerprint density at radius 2 is 2.10 bits per heavy atom. The van der Waals surface area contributed by atoms with E-state index in [1.54, 1.807) is 0 Å². The molecule has 0 aliphatic rings. The SMILES string of the molecule is CCCOCc1noc(CCC(N)c2ccccc2)n1. The Kier molecular flexibility index (Phi) is 5.70. The average Bonchev–Trinajstić information content (AvgIpc) is 2.94. The molecule has 0 fully saturated rings. The number of hydrogen-bond donors (Lipinski definition) is 1. The van der Waals surface area contributed by atoms with Crippen LogP contribution in [0.4, 0.5) is 0 Å². The summed E-state index contributed by atoms with van der Waals surface area (Å²) in [6.07, 6.45) is 2.44. The molecule has 5 nitrogen and oxygen atoms in total. The summed E-state index contributed by atoms with van der Waals surface area (Å²) in [5.41, 5.74) is 7.26. The molecule has 0 aliphatic carbocycles. The topological polar surface area (TPSA) is 74.2 Å². The molecular formula is C15H21N3O2. The summed E-state index contributed by atoms with van der Waals surface area (Å²) < 4.78 is 10.6.